The first-order valence-corrected chi connectivity index (χ1v) is 12.6. The fourth-order valence-corrected chi connectivity index (χ4v) is 4.94. The molecule has 1 saturated carbocycles. The molecule has 1 saturated heterocycles. The highest BCUT2D eigenvalue weighted by Gasteiger charge is 2.26. The summed E-state index contributed by atoms with van der Waals surface area (Å²) in [6, 6.07) is 4.47. The van der Waals surface area contributed by atoms with E-state index >= 15 is 0 Å². The normalized spacial score (nSPS) is 19.9. The number of nitrogens with two attached hydrogens (primary N) is 1. The van der Waals surface area contributed by atoms with Crippen LogP contribution in [-0.2, 0) is 13.0 Å². The third-order valence-electron chi connectivity index (χ3n) is 6.82. The molecule has 0 aromatic heterocycles. The Morgan fingerprint density at radius 2 is 2.03 bits per heavy atom. The van der Waals surface area contributed by atoms with Gasteiger partial charge in [0.25, 0.3) is 0 Å². The molecule has 6 heteroatoms. The highest BCUT2D eigenvalue weighted by molar-refractivity contribution is 6.29. The van der Waals surface area contributed by atoms with Gasteiger partial charge in [-0.15, -0.1) is 0 Å². The lowest BCUT2D eigenvalue weighted by atomic mass is 9.89. The Hall–Kier alpha value is -1.98. The predicted molar refractivity (Wildman–Crippen MR) is 133 cm³/mol. The molecule has 0 radical (unpaired) electrons. The number of piperidine rings is 1. The number of hydrogen-bond acceptors (Lipinski definition) is 5. The third kappa shape index (κ3) is 6.08. The van der Waals surface area contributed by atoms with Gasteiger partial charge in [-0.05, 0) is 98.4 Å². The lowest BCUT2D eigenvalue weighted by Crippen LogP contribution is -2.42. The highest BCUT2D eigenvalue weighted by atomic mass is 35.5. The highest BCUT2D eigenvalue weighted by Crippen LogP contribution is 2.35. The molecule has 32 heavy (non-hydrogen) atoms. The van der Waals surface area contributed by atoms with E-state index in [0.29, 0.717) is 5.16 Å². The number of halogens is 1. The van der Waals surface area contributed by atoms with Crippen molar-refractivity contribution in [3.8, 4) is 5.75 Å². The van der Waals surface area contributed by atoms with Crippen LogP contribution in [0.4, 0.5) is 0 Å². The second-order valence-electron chi connectivity index (χ2n) is 9.32. The van der Waals surface area contributed by atoms with E-state index in [1.807, 2.05) is 0 Å². The number of aliphatic imine (C=N–C) groups is 1. The molecule has 0 unspecified atom stereocenters. The molecule has 0 amide bonds. The van der Waals surface area contributed by atoms with E-state index in [-0.39, 0.29) is 0 Å². The van der Waals surface area contributed by atoms with E-state index < -0.39 is 0 Å². The number of fused-ring (bicyclic) bond motifs is 1. The number of benzene rings is 1. The van der Waals surface area contributed by atoms with E-state index in [9.17, 15) is 0 Å². The maximum Gasteiger partial charge on any atom is 0.122 e. The van der Waals surface area contributed by atoms with E-state index in [1.165, 1.54) is 60.7 Å². The maximum absolute atomic E-state index is 6.20. The van der Waals surface area contributed by atoms with Gasteiger partial charge in [0, 0.05) is 24.4 Å². The summed E-state index contributed by atoms with van der Waals surface area (Å²) in [6.45, 7) is 5.96. The number of nitrogens with one attached hydrogen (secondary N) is 1. The standard InChI is InChI=1S/C26H37ClN4O/c1-2-4-22-23-17-29-24(21(23)9-11-25(22)32-18-20-6-7-20)10-8-19-12-15-31(16-13-19)30-26(27)5-3-14-28/h3,5,9,11,14,19-20,30H,2,4,6-8,10,12-13,15-18,28H2,1H3/b14-3-,26-5-. The fraction of sp³-hybridized carbons (Fsp3) is 0.577. The van der Waals surface area contributed by atoms with Crippen LogP contribution in [0.15, 0.2) is 40.6 Å². The fourth-order valence-electron chi connectivity index (χ4n) is 4.75. The van der Waals surface area contributed by atoms with Gasteiger partial charge in [0.1, 0.15) is 10.9 Å². The van der Waals surface area contributed by atoms with Gasteiger partial charge in [0.2, 0.25) is 0 Å². The lowest BCUT2D eigenvalue weighted by molar-refractivity contribution is 0.141. The molecule has 3 aliphatic rings. The van der Waals surface area contributed by atoms with Gasteiger partial charge in [-0.25, -0.2) is 5.01 Å². The van der Waals surface area contributed by atoms with Crippen molar-refractivity contribution < 1.29 is 4.74 Å². The van der Waals surface area contributed by atoms with E-state index in [4.69, 9.17) is 27.1 Å². The van der Waals surface area contributed by atoms with Crippen LogP contribution in [0, 0.1) is 11.8 Å². The summed E-state index contributed by atoms with van der Waals surface area (Å²) in [4.78, 5) is 4.96. The maximum atomic E-state index is 6.20. The molecule has 5 nitrogen and oxygen atoms in total. The van der Waals surface area contributed by atoms with E-state index in [0.717, 1.165) is 63.1 Å². The van der Waals surface area contributed by atoms with Gasteiger partial charge in [-0.1, -0.05) is 24.9 Å². The van der Waals surface area contributed by atoms with Crippen molar-refractivity contribution in [2.75, 3.05) is 19.7 Å². The first kappa shape index (κ1) is 23.2. The van der Waals surface area contributed by atoms with Crippen LogP contribution in [0.2, 0.25) is 0 Å². The summed E-state index contributed by atoms with van der Waals surface area (Å²) in [6.07, 6.45) is 14.5. The molecule has 2 heterocycles. The average molecular weight is 457 g/mol. The molecule has 174 valence electrons. The largest absolute Gasteiger partial charge is 0.493 e. The lowest BCUT2D eigenvalue weighted by Gasteiger charge is -2.32. The van der Waals surface area contributed by atoms with Gasteiger partial charge in [0.05, 0.1) is 13.2 Å². The first-order chi connectivity index (χ1) is 15.7. The van der Waals surface area contributed by atoms with Crippen molar-refractivity contribution in [1.29, 1.82) is 0 Å². The monoisotopic (exact) mass is 456 g/mol. The van der Waals surface area contributed by atoms with Gasteiger partial charge >= 0.3 is 0 Å². The summed E-state index contributed by atoms with van der Waals surface area (Å²) in [7, 11) is 0. The molecule has 0 spiro atoms. The Labute approximate surface area is 197 Å². The van der Waals surface area contributed by atoms with Crippen molar-refractivity contribution in [3.63, 3.8) is 0 Å². The molecule has 1 aromatic rings. The van der Waals surface area contributed by atoms with Crippen LogP contribution in [0.3, 0.4) is 0 Å². The molecule has 0 atom stereocenters. The number of allylic oxidation sites excluding steroid dienone is 2. The molecular formula is C26H37ClN4O. The zero-order valence-electron chi connectivity index (χ0n) is 19.3. The molecule has 4 rings (SSSR count). The average Bonchev–Trinajstić information content (AvgIpc) is 3.55. The molecule has 3 N–H and O–H groups in total. The Morgan fingerprint density at radius 1 is 1.22 bits per heavy atom. The Morgan fingerprint density at radius 3 is 2.75 bits per heavy atom. The van der Waals surface area contributed by atoms with Crippen molar-refractivity contribution in [3.05, 3.63) is 52.3 Å². The molecule has 2 fully saturated rings. The first-order valence-electron chi connectivity index (χ1n) is 12.2. The van der Waals surface area contributed by atoms with Gasteiger partial charge in [0.15, 0.2) is 0 Å². The minimum atomic E-state index is 0.602. The number of ether oxygens (including phenoxy) is 1. The van der Waals surface area contributed by atoms with Crippen molar-refractivity contribution in [2.45, 2.75) is 64.8 Å². The molecule has 1 aromatic carbocycles. The zero-order valence-corrected chi connectivity index (χ0v) is 20.0. The minimum Gasteiger partial charge on any atom is -0.493 e. The van der Waals surface area contributed by atoms with Crippen LogP contribution in [-0.4, -0.2) is 30.4 Å². The molecule has 1 aliphatic carbocycles. The molecule has 0 bridgehead atoms. The summed E-state index contributed by atoms with van der Waals surface area (Å²) in [5, 5.41) is 2.80. The Balaban J connectivity index is 1.29. The zero-order chi connectivity index (χ0) is 22.3. The topological polar surface area (TPSA) is 62.9 Å². The molecule has 2 aliphatic heterocycles. The smallest absolute Gasteiger partial charge is 0.122 e. The van der Waals surface area contributed by atoms with Crippen LogP contribution < -0.4 is 15.9 Å². The Kier molecular flexibility index (Phi) is 8.15. The number of rotatable bonds is 11. The number of nitrogens with zero attached hydrogens (tertiary/aromatic N) is 2. The van der Waals surface area contributed by atoms with Gasteiger partial charge < -0.3 is 15.9 Å². The van der Waals surface area contributed by atoms with Gasteiger partial charge in [-0.3, -0.25) is 4.99 Å². The van der Waals surface area contributed by atoms with Crippen molar-refractivity contribution >= 4 is 17.3 Å². The number of hydrazine groups is 1. The van der Waals surface area contributed by atoms with E-state index in [1.54, 1.807) is 12.2 Å². The number of hydrogen-bond donors (Lipinski definition) is 2. The van der Waals surface area contributed by atoms with Crippen LogP contribution in [0.25, 0.3) is 0 Å². The summed E-state index contributed by atoms with van der Waals surface area (Å²) < 4.78 is 6.20. The summed E-state index contributed by atoms with van der Waals surface area (Å²) in [5.74, 6) is 2.62. The quantitative estimate of drug-likeness (QED) is 0.351. The second kappa shape index (κ2) is 11.2. The van der Waals surface area contributed by atoms with Gasteiger partial charge in [-0.2, -0.15) is 0 Å². The Bertz CT molecular complexity index is 867. The second-order valence-corrected chi connectivity index (χ2v) is 9.72. The molecular weight excluding hydrogens is 420 g/mol. The minimum absolute atomic E-state index is 0.602. The van der Waals surface area contributed by atoms with Crippen LogP contribution in [0.5, 0.6) is 5.75 Å². The van der Waals surface area contributed by atoms with Crippen molar-refractivity contribution in [1.82, 2.24) is 10.4 Å². The third-order valence-corrected chi connectivity index (χ3v) is 7.03. The summed E-state index contributed by atoms with van der Waals surface area (Å²) in [5.41, 5.74) is 14.1. The van der Waals surface area contributed by atoms with Crippen LogP contribution >= 0.6 is 11.6 Å². The predicted octanol–water partition coefficient (Wildman–Crippen LogP) is 5.28. The van der Waals surface area contributed by atoms with Crippen molar-refractivity contribution in [2.24, 2.45) is 22.6 Å². The SMILES string of the molecule is CCCc1c(OCC2CC2)ccc2c1CN=C2CCC1CCN(N/C(Cl)=C\C=C/N)CC1. The summed E-state index contributed by atoms with van der Waals surface area (Å²) >= 11 is 6.19. The van der Waals surface area contributed by atoms with Crippen LogP contribution in [0.1, 0.15) is 68.6 Å². The van der Waals surface area contributed by atoms with E-state index in [2.05, 4.69) is 29.5 Å².